The monoisotopic (exact) mass is 705 g/mol. The summed E-state index contributed by atoms with van der Waals surface area (Å²) < 4.78 is 2.64. The molecule has 0 saturated carbocycles. The van der Waals surface area contributed by atoms with E-state index in [1.165, 1.54) is 75.5 Å². The van der Waals surface area contributed by atoms with Crippen LogP contribution >= 0.6 is 11.3 Å². The number of thiophene rings is 1. The molecule has 1 heterocycles. The highest BCUT2D eigenvalue weighted by Crippen LogP contribution is 2.40. The molecular formula is C52H35NS. The maximum atomic E-state index is 2.37. The van der Waals surface area contributed by atoms with Gasteiger partial charge in [-0.05, 0) is 116 Å². The molecule has 2 heteroatoms. The molecule has 0 aliphatic rings. The Labute approximate surface area is 319 Å². The number of anilines is 3. The molecule has 0 N–H and O–H groups in total. The Morgan fingerprint density at radius 2 is 0.741 bits per heavy atom. The van der Waals surface area contributed by atoms with Gasteiger partial charge in [0, 0.05) is 37.2 Å². The molecule has 0 bridgehead atoms. The third kappa shape index (κ3) is 6.03. The number of nitrogens with zero attached hydrogens (tertiary/aromatic N) is 1. The molecule has 0 unspecified atom stereocenters. The summed E-state index contributed by atoms with van der Waals surface area (Å²) in [5, 5.41) is 5.14. The van der Waals surface area contributed by atoms with Crippen LogP contribution in [0.25, 0.3) is 75.5 Å². The van der Waals surface area contributed by atoms with Gasteiger partial charge >= 0.3 is 0 Å². The molecule has 254 valence electrons. The highest BCUT2D eigenvalue weighted by molar-refractivity contribution is 7.25. The van der Waals surface area contributed by atoms with Crippen LogP contribution in [0, 0.1) is 0 Å². The first-order valence-corrected chi connectivity index (χ1v) is 19.2. The molecule has 0 radical (unpaired) electrons. The average Bonchev–Trinajstić information content (AvgIpc) is 3.63. The van der Waals surface area contributed by atoms with E-state index in [4.69, 9.17) is 0 Å². The number of rotatable bonds is 7. The first-order valence-electron chi connectivity index (χ1n) is 18.4. The van der Waals surface area contributed by atoms with E-state index in [0.717, 1.165) is 17.1 Å². The minimum Gasteiger partial charge on any atom is -0.310 e. The summed E-state index contributed by atoms with van der Waals surface area (Å²) in [6.07, 6.45) is 0. The van der Waals surface area contributed by atoms with Gasteiger partial charge in [0.15, 0.2) is 0 Å². The molecule has 0 aliphatic carbocycles. The van der Waals surface area contributed by atoms with Gasteiger partial charge in [0.2, 0.25) is 0 Å². The largest absolute Gasteiger partial charge is 0.310 e. The van der Waals surface area contributed by atoms with Crippen molar-refractivity contribution in [2.45, 2.75) is 0 Å². The first-order chi connectivity index (χ1) is 26.7. The fraction of sp³-hybridized carbons (Fsp3) is 0. The normalized spacial score (nSPS) is 11.3. The van der Waals surface area contributed by atoms with E-state index >= 15 is 0 Å². The zero-order chi connectivity index (χ0) is 35.8. The zero-order valence-corrected chi connectivity index (χ0v) is 30.4. The lowest BCUT2D eigenvalue weighted by molar-refractivity contribution is 1.28. The SMILES string of the molecule is c1ccc(-c2ccc(-c3ccc(N(c4ccc(-c5ccc6ccccc6c5)cc4)c4cccc(-c5ccc6sc7ccccc7c6c5)c4)cc3)cc2)cc1. The maximum Gasteiger partial charge on any atom is 0.0467 e. The minimum atomic E-state index is 1.11. The van der Waals surface area contributed by atoms with E-state index in [9.17, 15) is 0 Å². The molecule has 0 aliphatic heterocycles. The van der Waals surface area contributed by atoms with E-state index in [1.807, 2.05) is 11.3 Å². The van der Waals surface area contributed by atoms with Gasteiger partial charge in [-0.25, -0.2) is 0 Å². The molecule has 0 fully saturated rings. The van der Waals surface area contributed by atoms with Crippen LogP contribution in [-0.4, -0.2) is 0 Å². The second kappa shape index (κ2) is 13.7. The molecule has 9 aromatic carbocycles. The van der Waals surface area contributed by atoms with Crippen LogP contribution in [0.15, 0.2) is 212 Å². The highest BCUT2D eigenvalue weighted by atomic mass is 32.1. The smallest absolute Gasteiger partial charge is 0.0467 e. The fourth-order valence-electron chi connectivity index (χ4n) is 7.64. The first kappa shape index (κ1) is 32.0. The molecule has 10 aromatic rings. The molecule has 54 heavy (non-hydrogen) atoms. The Balaban J connectivity index is 1.03. The van der Waals surface area contributed by atoms with Crippen LogP contribution in [0.3, 0.4) is 0 Å². The van der Waals surface area contributed by atoms with E-state index in [0.29, 0.717) is 0 Å². The van der Waals surface area contributed by atoms with Crippen molar-refractivity contribution < 1.29 is 0 Å². The van der Waals surface area contributed by atoms with Crippen molar-refractivity contribution >= 4 is 59.3 Å². The van der Waals surface area contributed by atoms with Gasteiger partial charge in [0.05, 0.1) is 0 Å². The predicted octanol–water partition coefficient (Wildman–Crippen LogP) is 15.3. The van der Waals surface area contributed by atoms with E-state index in [-0.39, 0.29) is 0 Å². The van der Waals surface area contributed by atoms with Crippen molar-refractivity contribution in [2.75, 3.05) is 4.90 Å². The Kier molecular flexibility index (Phi) is 8.09. The van der Waals surface area contributed by atoms with Crippen molar-refractivity contribution in [1.82, 2.24) is 0 Å². The quantitative estimate of drug-likeness (QED) is 0.160. The third-order valence-corrected chi connectivity index (χ3v) is 11.6. The Morgan fingerprint density at radius 1 is 0.259 bits per heavy atom. The van der Waals surface area contributed by atoms with Crippen molar-refractivity contribution in [3.8, 4) is 44.5 Å². The van der Waals surface area contributed by atoms with Gasteiger partial charge in [-0.3, -0.25) is 0 Å². The highest BCUT2D eigenvalue weighted by Gasteiger charge is 2.15. The lowest BCUT2D eigenvalue weighted by atomic mass is 9.99. The topological polar surface area (TPSA) is 3.24 Å². The number of fused-ring (bicyclic) bond motifs is 4. The maximum absolute atomic E-state index is 2.37. The molecular weight excluding hydrogens is 671 g/mol. The predicted molar refractivity (Wildman–Crippen MR) is 233 cm³/mol. The molecule has 1 nitrogen and oxygen atoms in total. The second-order valence-corrected chi connectivity index (χ2v) is 14.9. The lowest BCUT2D eigenvalue weighted by Gasteiger charge is -2.26. The molecule has 0 saturated heterocycles. The van der Waals surface area contributed by atoms with Crippen molar-refractivity contribution in [3.63, 3.8) is 0 Å². The van der Waals surface area contributed by atoms with Gasteiger partial charge < -0.3 is 4.90 Å². The van der Waals surface area contributed by atoms with Gasteiger partial charge in [-0.15, -0.1) is 11.3 Å². The summed E-state index contributed by atoms with van der Waals surface area (Å²) in [5.41, 5.74) is 13.0. The second-order valence-electron chi connectivity index (χ2n) is 13.8. The van der Waals surface area contributed by atoms with Gasteiger partial charge in [0.1, 0.15) is 0 Å². The molecule has 0 amide bonds. The summed E-state index contributed by atoms with van der Waals surface area (Å²) in [6, 6.07) is 77.2. The summed E-state index contributed by atoms with van der Waals surface area (Å²) in [6.45, 7) is 0. The van der Waals surface area contributed by atoms with Crippen LogP contribution in [-0.2, 0) is 0 Å². The fourth-order valence-corrected chi connectivity index (χ4v) is 8.72. The summed E-state index contributed by atoms with van der Waals surface area (Å²) >= 11 is 1.86. The Hall–Kier alpha value is -6.74. The molecule has 10 rings (SSSR count). The molecule has 0 spiro atoms. The van der Waals surface area contributed by atoms with Crippen LogP contribution in [0.2, 0.25) is 0 Å². The number of hydrogen-bond acceptors (Lipinski definition) is 2. The van der Waals surface area contributed by atoms with Gasteiger partial charge in [-0.2, -0.15) is 0 Å². The van der Waals surface area contributed by atoms with E-state index in [2.05, 4.69) is 217 Å². The molecule has 1 aromatic heterocycles. The van der Waals surface area contributed by atoms with Crippen LogP contribution in [0.5, 0.6) is 0 Å². The zero-order valence-electron chi connectivity index (χ0n) is 29.6. The number of benzene rings is 9. The summed E-state index contributed by atoms with van der Waals surface area (Å²) in [4.78, 5) is 2.37. The van der Waals surface area contributed by atoms with E-state index < -0.39 is 0 Å². The van der Waals surface area contributed by atoms with Gasteiger partial charge in [0.25, 0.3) is 0 Å². The summed E-state index contributed by atoms with van der Waals surface area (Å²) in [5.74, 6) is 0. The van der Waals surface area contributed by atoms with E-state index in [1.54, 1.807) is 0 Å². The van der Waals surface area contributed by atoms with Crippen molar-refractivity contribution in [3.05, 3.63) is 212 Å². The van der Waals surface area contributed by atoms with Crippen LogP contribution in [0.4, 0.5) is 17.1 Å². The third-order valence-electron chi connectivity index (χ3n) is 10.5. The van der Waals surface area contributed by atoms with Gasteiger partial charge in [-0.1, -0.05) is 152 Å². The average molecular weight is 706 g/mol. The standard InChI is InChI=1S/C52H35NS/c1-2-9-36(10-3-1)38-17-19-39(20-18-38)40-23-28-46(29-24-40)53(47-30-25-41(26-31-47)44-22-21-37-11-4-5-12-42(37)33-44)48-14-8-13-43(34-48)45-27-32-52-50(35-45)49-15-6-7-16-51(49)54-52/h1-35H. The van der Waals surface area contributed by atoms with Crippen molar-refractivity contribution in [2.24, 2.45) is 0 Å². The molecule has 0 atom stereocenters. The minimum absolute atomic E-state index is 1.11. The van der Waals surface area contributed by atoms with Crippen molar-refractivity contribution in [1.29, 1.82) is 0 Å². The lowest BCUT2D eigenvalue weighted by Crippen LogP contribution is -2.10. The Morgan fingerprint density at radius 3 is 1.46 bits per heavy atom. The Bertz CT molecular complexity index is 2900. The number of hydrogen-bond donors (Lipinski definition) is 0. The van der Waals surface area contributed by atoms with Crippen LogP contribution in [0.1, 0.15) is 0 Å². The van der Waals surface area contributed by atoms with Crippen LogP contribution < -0.4 is 4.90 Å². The summed E-state index contributed by atoms with van der Waals surface area (Å²) in [7, 11) is 0.